The Morgan fingerprint density at radius 2 is 2.10 bits per heavy atom. The fourth-order valence-electron chi connectivity index (χ4n) is 3.39. The minimum absolute atomic E-state index is 0.0376. The molecule has 3 nitrogen and oxygen atoms in total. The van der Waals surface area contributed by atoms with E-state index in [0.717, 1.165) is 17.3 Å². The summed E-state index contributed by atoms with van der Waals surface area (Å²) in [4.78, 5) is 0. The van der Waals surface area contributed by atoms with Crippen LogP contribution in [0.4, 0.5) is 0 Å². The highest BCUT2D eigenvalue weighted by atomic mass is 79.9. The van der Waals surface area contributed by atoms with Gasteiger partial charge in [-0.25, -0.2) is 0 Å². The second-order valence-electron chi connectivity index (χ2n) is 6.68. The van der Waals surface area contributed by atoms with Gasteiger partial charge in [0.05, 0.1) is 11.7 Å². The Bertz CT molecular complexity index is 513. The van der Waals surface area contributed by atoms with Gasteiger partial charge in [0.25, 0.3) is 0 Å². The molecule has 0 aromatic heterocycles. The molecule has 1 fully saturated rings. The molecule has 0 spiro atoms. The summed E-state index contributed by atoms with van der Waals surface area (Å²) in [6.07, 6.45) is 3.54. The summed E-state index contributed by atoms with van der Waals surface area (Å²) in [5, 5.41) is 7.72. The fourth-order valence-corrected chi connectivity index (χ4v) is 3.95. The molecule has 4 heteroatoms. The monoisotopic (exact) mass is 338 g/mol. The number of ether oxygens (including phenoxy) is 1. The molecule has 0 bridgehead atoms. The first kappa shape index (κ1) is 15.4. The van der Waals surface area contributed by atoms with Crippen molar-refractivity contribution in [1.29, 1.82) is 5.41 Å². The molecule has 0 amide bonds. The summed E-state index contributed by atoms with van der Waals surface area (Å²) < 4.78 is 6.99. The van der Waals surface area contributed by atoms with Crippen LogP contribution >= 0.6 is 15.9 Å². The van der Waals surface area contributed by atoms with E-state index in [1.807, 2.05) is 18.2 Å². The molecule has 2 atom stereocenters. The average molecular weight is 339 g/mol. The van der Waals surface area contributed by atoms with Crippen molar-refractivity contribution in [1.82, 2.24) is 0 Å². The first-order valence-electron chi connectivity index (χ1n) is 7.08. The van der Waals surface area contributed by atoms with E-state index in [0.29, 0.717) is 22.6 Å². The molecule has 20 heavy (non-hydrogen) atoms. The van der Waals surface area contributed by atoms with Crippen molar-refractivity contribution in [2.24, 2.45) is 17.1 Å². The summed E-state index contributed by atoms with van der Waals surface area (Å²) in [6.45, 7) is 6.88. The van der Waals surface area contributed by atoms with Crippen LogP contribution in [0.3, 0.4) is 0 Å². The van der Waals surface area contributed by atoms with Gasteiger partial charge in [0.2, 0.25) is 0 Å². The maximum Gasteiger partial charge on any atom is 0.131 e. The van der Waals surface area contributed by atoms with Crippen LogP contribution in [0.25, 0.3) is 0 Å². The van der Waals surface area contributed by atoms with Crippen LogP contribution in [0.15, 0.2) is 22.7 Å². The number of rotatable bonds is 3. The number of hydrogen-bond acceptors (Lipinski definition) is 2. The standard InChI is InChI=1S/C16H23BrN2O/c1-10-7-11(9-16(2,3)8-10)20-13-6-4-5-12(17)14(13)15(18)19/h4-6,10-11H,7-9H2,1-3H3,(H3,18,19). The maximum absolute atomic E-state index is 7.72. The van der Waals surface area contributed by atoms with Gasteiger partial charge in [0.15, 0.2) is 0 Å². The van der Waals surface area contributed by atoms with Crippen molar-refractivity contribution >= 4 is 21.8 Å². The molecule has 110 valence electrons. The molecule has 0 radical (unpaired) electrons. The van der Waals surface area contributed by atoms with E-state index >= 15 is 0 Å². The van der Waals surface area contributed by atoms with Crippen LogP contribution in [0.5, 0.6) is 5.75 Å². The number of nitrogen functional groups attached to an aromatic ring is 1. The molecule has 3 N–H and O–H groups in total. The van der Waals surface area contributed by atoms with E-state index in [9.17, 15) is 0 Å². The molecule has 2 rings (SSSR count). The SMILES string of the molecule is CC1CC(Oc2cccc(Br)c2C(=N)N)CC(C)(C)C1. The molecular formula is C16H23BrN2O. The lowest BCUT2D eigenvalue weighted by molar-refractivity contribution is 0.0561. The van der Waals surface area contributed by atoms with E-state index in [-0.39, 0.29) is 11.9 Å². The number of nitrogens with two attached hydrogens (primary N) is 1. The van der Waals surface area contributed by atoms with Crippen molar-refractivity contribution in [3.8, 4) is 5.75 Å². The van der Waals surface area contributed by atoms with Gasteiger partial charge in [0.1, 0.15) is 11.6 Å². The molecule has 1 aliphatic rings. The smallest absolute Gasteiger partial charge is 0.131 e. The van der Waals surface area contributed by atoms with Crippen molar-refractivity contribution in [2.45, 2.75) is 46.1 Å². The molecule has 0 heterocycles. The second-order valence-corrected chi connectivity index (χ2v) is 7.53. The van der Waals surface area contributed by atoms with Gasteiger partial charge in [-0.15, -0.1) is 0 Å². The lowest BCUT2D eigenvalue weighted by Gasteiger charge is -2.39. The zero-order valence-corrected chi connectivity index (χ0v) is 14.0. The Balaban J connectivity index is 2.22. The zero-order valence-electron chi connectivity index (χ0n) is 12.4. The summed E-state index contributed by atoms with van der Waals surface area (Å²) in [5.41, 5.74) is 6.64. The number of hydrogen-bond donors (Lipinski definition) is 2. The number of nitrogens with one attached hydrogen (secondary N) is 1. The molecule has 1 saturated carbocycles. The molecular weight excluding hydrogens is 316 g/mol. The summed E-state index contributed by atoms with van der Waals surface area (Å²) in [7, 11) is 0. The van der Waals surface area contributed by atoms with E-state index in [1.54, 1.807) is 0 Å². The molecule has 1 aromatic rings. The average Bonchev–Trinajstić information content (AvgIpc) is 2.25. The largest absolute Gasteiger partial charge is 0.490 e. The zero-order chi connectivity index (χ0) is 14.9. The fraction of sp³-hybridized carbons (Fsp3) is 0.562. The minimum Gasteiger partial charge on any atom is -0.490 e. The van der Waals surface area contributed by atoms with Gasteiger partial charge in [-0.05, 0) is 58.7 Å². The molecule has 0 aliphatic heterocycles. The lowest BCUT2D eigenvalue weighted by Crippen LogP contribution is -2.34. The maximum atomic E-state index is 7.72. The van der Waals surface area contributed by atoms with Gasteiger partial charge in [-0.3, -0.25) is 5.41 Å². The predicted molar refractivity (Wildman–Crippen MR) is 86.4 cm³/mol. The van der Waals surface area contributed by atoms with Gasteiger partial charge in [-0.2, -0.15) is 0 Å². The summed E-state index contributed by atoms with van der Waals surface area (Å²) in [5.74, 6) is 1.41. The van der Waals surface area contributed by atoms with Crippen LogP contribution in [0, 0.1) is 16.7 Å². The van der Waals surface area contributed by atoms with Crippen LogP contribution < -0.4 is 10.5 Å². The van der Waals surface area contributed by atoms with E-state index in [1.165, 1.54) is 6.42 Å². The van der Waals surface area contributed by atoms with Crippen LogP contribution in [-0.4, -0.2) is 11.9 Å². The van der Waals surface area contributed by atoms with Crippen LogP contribution in [0.2, 0.25) is 0 Å². The van der Waals surface area contributed by atoms with Crippen molar-refractivity contribution in [3.63, 3.8) is 0 Å². The van der Waals surface area contributed by atoms with Gasteiger partial charge >= 0.3 is 0 Å². The number of amidine groups is 1. The number of halogens is 1. The van der Waals surface area contributed by atoms with E-state index in [4.69, 9.17) is 15.9 Å². The van der Waals surface area contributed by atoms with Gasteiger partial charge in [0, 0.05) is 4.47 Å². The second kappa shape index (κ2) is 5.76. The minimum atomic E-state index is 0.0376. The third-order valence-corrected chi connectivity index (χ3v) is 4.55. The molecule has 1 aromatic carbocycles. The van der Waals surface area contributed by atoms with Crippen LogP contribution in [-0.2, 0) is 0 Å². The Morgan fingerprint density at radius 3 is 2.70 bits per heavy atom. The van der Waals surface area contributed by atoms with E-state index < -0.39 is 0 Å². The third-order valence-electron chi connectivity index (χ3n) is 3.88. The van der Waals surface area contributed by atoms with Crippen molar-refractivity contribution in [2.75, 3.05) is 0 Å². The Hall–Kier alpha value is -1.03. The molecule has 1 aliphatic carbocycles. The molecule has 2 unspecified atom stereocenters. The predicted octanol–water partition coefficient (Wildman–Crippen LogP) is 4.33. The highest BCUT2D eigenvalue weighted by Crippen LogP contribution is 2.40. The molecule has 0 saturated heterocycles. The first-order valence-corrected chi connectivity index (χ1v) is 7.87. The Kier molecular flexibility index (Phi) is 4.43. The summed E-state index contributed by atoms with van der Waals surface area (Å²) >= 11 is 3.45. The van der Waals surface area contributed by atoms with Crippen molar-refractivity contribution in [3.05, 3.63) is 28.2 Å². The first-order chi connectivity index (χ1) is 9.28. The highest BCUT2D eigenvalue weighted by Gasteiger charge is 2.33. The van der Waals surface area contributed by atoms with Crippen LogP contribution in [0.1, 0.15) is 45.6 Å². The summed E-state index contributed by atoms with van der Waals surface area (Å²) in [6, 6.07) is 5.70. The normalized spacial score (nSPS) is 25.2. The highest BCUT2D eigenvalue weighted by molar-refractivity contribution is 9.10. The number of benzene rings is 1. The Morgan fingerprint density at radius 1 is 1.40 bits per heavy atom. The van der Waals surface area contributed by atoms with Crippen molar-refractivity contribution < 1.29 is 4.74 Å². The van der Waals surface area contributed by atoms with E-state index in [2.05, 4.69) is 36.7 Å². The van der Waals surface area contributed by atoms with Gasteiger partial charge in [-0.1, -0.05) is 26.8 Å². The topological polar surface area (TPSA) is 59.1 Å². The lowest BCUT2D eigenvalue weighted by atomic mass is 9.71. The Labute approximate surface area is 129 Å². The third kappa shape index (κ3) is 3.54. The quantitative estimate of drug-likeness (QED) is 0.636. The van der Waals surface area contributed by atoms with Gasteiger partial charge < -0.3 is 10.5 Å².